The Kier molecular flexibility index (Phi) is 4.12. The Morgan fingerprint density at radius 1 is 1.27 bits per heavy atom. The largest absolute Gasteiger partial charge is 0.496 e. The molecule has 1 aromatic rings. The highest BCUT2D eigenvalue weighted by molar-refractivity contribution is 9.10. The van der Waals surface area contributed by atoms with Crippen LogP contribution in [-0.2, 0) is 11.3 Å². The third-order valence-electron chi connectivity index (χ3n) is 4.52. The molecule has 1 aromatic carbocycles. The van der Waals surface area contributed by atoms with E-state index < -0.39 is 5.54 Å². The number of ether oxygens (including phenoxy) is 1. The van der Waals surface area contributed by atoms with E-state index in [0.717, 1.165) is 42.1 Å². The van der Waals surface area contributed by atoms with Crippen molar-refractivity contribution in [2.24, 2.45) is 0 Å². The Hall–Kier alpha value is -1.56. The standard InChI is InChI=1S/C16H19BrN2O3/c1-22-13-6-5-12(17)9-11(13)10-19-14(20)16(18-15(19)21)7-3-2-4-8-16/h5-6,9H,2-4,7-8,10H2,1H3,(H,18,21). The molecule has 0 atom stereocenters. The number of benzene rings is 1. The van der Waals surface area contributed by atoms with Crippen molar-refractivity contribution in [3.8, 4) is 5.75 Å². The summed E-state index contributed by atoms with van der Waals surface area (Å²) >= 11 is 3.42. The second-order valence-electron chi connectivity index (χ2n) is 5.92. The van der Waals surface area contributed by atoms with Crippen LogP contribution in [0.15, 0.2) is 22.7 Å². The predicted octanol–water partition coefficient (Wildman–Crippen LogP) is 3.21. The minimum atomic E-state index is -0.672. The molecule has 22 heavy (non-hydrogen) atoms. The molecule has 6 heteroatoms. The van der Waals surface area contributed by atoms with Crippen molar-refractivity contribution in [1.82, 2.24) is 10.2 Å². The van der Waals surface area contributed by atoms with Gasteiger partial charge in [0.25, 0.3) is 5.91 Å². The number of hydrogen-bond donors (Lipinski definition) is 1. The summed E-state index contributed by atoms with van der Waals surface area (Å²) < 4.78 is 6.22. The van der Waals surface area contributed by atoms with Crippen molar-refractivity contribution in [1.29, 1.82) is 0 Å². The van der Waals surface area contributed by atoms with Gasteiger partial charge in [-0.1, -0.05) is 35.2 Å². The molecule has 1 spiro atoms. The summed E-state index contributed by atoms with van der Waals surface area (Å²) in [5.41, 5.74) is 0.141. The average molecular weight is 367 g/mol. The Bertz CT molecular complexity index is 611. The van der Waals surface area contributed by atoms with Crippen molar-refractivity contribution >= 4 is 27.9 Å². The van der Waals surface area contributed by atoms with Crippen LogP contribution in [0.1, 0.15) is 37.7 Å². The van der Waals surface area contributed by atoms with Crippen LogP contribution < -0.4 is 10.1 Å². The summed E-state index contributed by atoms with van der Waals surface area (Å²) in [6.07, 6.45) is 4.58. The molecule has 1 aliphatic carbocycles. The first-order valence-electron chi connectivity index (χ1n) is 7.52. The molecule has 118 valence electrons. The first-order chi connectivity index (χ1) is 10.6. The van der Waals surface area contributed by atoms with Gasteiger partial charge in [-0.3, -0.25) is 9.69 Å². The number of methoxy groups -OCH3 is 1. The zero-order valence-electron chi connectivity index (χ0n) is 12.5. The summed E-state index contributed by atoms with van der Waals surface area (Å²) in [6.45, 7) is 0.231. The van der Waals surface area contributed by atoms with E-state index in [1.54, 1.807) is 7.11 Å². The first-order valence-corrected chi connectivity index (χ1v) is 8.31. The number of carbonyl (C=O) groups excluding carboxylic acids is 2. The molecule has 3 rings (SSSR count). The second kappa shape index (κ2) is 5.91. The van der Waals surface area contributed by atoms with E-state index in [0.29, 0.717) is 5.75 Å². The van der Waals surface area contributed by atoms with Gasteiger partial charge in [0.05, 0.1) is 13.7 Å². The van der Waals surface area contributed by atoms with Gasteiger partial charge in [0.15, 0.2) is 0 Å². The monoisotopic (exact) mass is 366 g/mol. The van der Waals surface area contributed by atoms with Crippen LogP contribution in [0.3, 0.4) is 0 Å². The summed E-state index contributed by atoms with van der Waals surface area (Å²) in [7, 11) is 1.58. The Morgan fingerprint density at radius 2 is 2.00 bits per heavy atom. The maximum absolute atomic E-state index is 12.8. The Labute approximate surface area is 138 Å². The molecule has 2 fully saturated rings. The molecule has 2 aliphatic rings. The molecule has 1 N–H and O–H groups in total. The van der Waals surface area contributed by atoms with Crippen LogP contribution in [0.2, 0.25) is 0 Å². The van der Waals surface area contributed by atoms with Gasteiger partial charge >= 0.3 is 6.03 Å². The summed E-state index contributed by atoms with van der Waals surface area (Å²) in [5, 5.41) is 2.93. The lowest BCUT2D eigenvalue weighted by Gasteiger charge is -2.30. The lowest BCUT2D eigenvalue weighted by Crippen LogP contribution is -2.48. The molecule has 1 saturated carbocycles. The molecule has 5 nitrogen and oxygen atoms in total. The number of nitrogens with zero attached hydrogens (tertiary/aromatic N) is 1. The Morgan fingerprint density at radius 3 is 2.68 bits per heavy atom. The second-order valence-corrected chi connectivity index (χ2v) is 6.84. The van der Waals surface area contributed by atoms with Crippen LogP contribution in [-0.4, -0.2) is 29.5 Å². The van der Waals surface area contributed by atoms with E-state index >= 15 is 0 Å². The fourth-order valence-corrected chi connectivity index (χ4v) is 3.76. The maximum atomic E-state index is 12.8. The van der Waals surface area contributed by atoms with E-state index in [1.165, 1.54) is 4.90 Å². The maximum Gasteiger partial charge on any atom is 0.325 e. The number of amides is 3. The van der Waals surface area contributed by atoms with Gasteiger partial charge in [-0.15, -0.1) is 0 Å². The van der Waals surface area contributed by atoms with Gasteiger partial charge in [0.1, 0.15) is 11.3 Å². The minimum Gasteiger partial charge on any atom is -0.496 e. The van der Waals surface area contributed by atoms with Crippen LogP contribution in [0.25, 0.3) is 0 Å². The molecule has 3 amide bonds. The number of nitrogens with one attached hydrogen (secondary N) is 1. The molecular formula is C16H19BrN2O3. The van der Waals surface area contributed by atoms with E-state index in [9.17, 15) is 9.59 Å². The Balaban J connectivity index is 1.85. The van der Waals surface area contributed by atoms with Crippen LogP contribution in [0.4, 0.5) is 4.79 Å². The number of hydrogen-bond acceptors (Lipinski definition) is 3. The molecule has 0 aromatic heterocycles. The van der Waals surface area contributed by atoms with Gasteiger partial charge in [-0.05, 0) is 31.0 Å². The zero-order valence-corrected chi connectivity index (χ0v) is 14.1. The summed E-state index contributed by atoms with van der Waals surface area (Å²) in [6, 6.07) is 5.28. The highest BCUT2D eigenvalue weighted by atomic mass is 79.9. The van der Waals surface area contributed by atoms with Gasteiger partial charge in [0.2, 0.25) is 0 Å². The molecule has 0 bridgehead atoms. The molecule has 0 unspecified atom stereocenters. The smallest absolute Gasteiger partial charge is 0.325 e. The van der Waals surface area contributed by atoms with Gasteiger partial charge in [0, 0.05) is 10.0 Å². The predicted molar refractivity (Wildman–Crippen MR) is 85.6 cm³/mol. The highest BCUT2D eigenvalue weighted by Gasteiger charge is 2.51. The summed E-state index contributed by atoms with van der Waals surface area (Å²) in [4.78, 5) is 26.4. The van der Waals surface area contributed by atoms with Gasteiger partial charge in [-0.2, -0.15) is 0 Å². The number of carbonyl (C=O) groups is 2. The average Bonchev–Trinajstić information content (AvgIpc) is 2.73. The molecule has 1 heterocycles. The number of imide groups is 1. The molecule has 0 radical (unpaired) electrons. The normalized spacial score (nSPS) is 20.4. The van der Waals surface area contributed by atoms with E-state index in [2.05, 4.69) is 21.2 Å². The molecule has 1 aliphatic heterocycles. The van der Waals surface area contributed by atoms with E-state index in [1.807, 2.05) is 18.2 Å². The third kappa shape index (κ3) is 2.60. The van der Waals surface area contributed by atoms with Crippen molar-refractivity contribution in [3.63, 3.8) is 0 Å². The fourth-order valence-electron chi connectivity index (χ4n) is 3.36. The number of rotatable bonds is 3. The molecular weight excluding hydrogens is 348 g/mol. The van der Waals surface area contributed by atoms with Crippen molar-refractivity contribution in [3.05, 3.63) is 28.2 Å². The third-order valence-corrected chi connectivity index (χ3v) is 5.02. The van der Waals surface area contributed by atoms with Crippen LogP contribution in [0, 0.1) is 0 Å². The van der Waals surface area contributed by atoms with Gasteiger partial charge in [-0.25, -0.2) is 4.79 Å². The van der Waals surface area contributed by atoms with E-state index in [-0.39, 0.29) is 18.5 Å². The van der Waals surface area contributed by atoms with Crippen LogP contribution in [0.5, 0.6) is 5.75 Å². The van der Waals surface area contributed by atoms with Crippen molar-refractivity contribution in [2.75, 3.05) is 7.11 Å². The first kappa shape index (κ1) is 15.3. The highest BCUT2D eigenvalue weighted by Crippen LogP contribution is 2.35. The van der Waals surface area contributed by atoms with E-state index in [4.69, 9.17) is 4.74 Å². The quantitative estimate of drug-likeness (QED) is 0.835. The van der Waals surface area contributed by atoms with Gasteiger partial charge < -0.3 is 10.1 Å². The molecule has 1 saturated heterocycles. The summed E-state index contributed by atoms with van der Waals surface area (Å²) in [5.74, 6) is 0.577. The van der Waals surface area contributed by atoms with Crippen LogP contribution >= 0.6 is 15.9 Å². The lowest BCUT2D eigenvalue weighted by atomic mass is 9.82. The topological polar surface area (TPSA) is 58.6 Å². The lowest BCUT2D eigenvalue weighted by molar-refractivity contribution is -0.132. The number of halogens is 1. The van der Waals surface area contributed by atoms with Crippen molar-refractivity contribution < 1.29 is 14.3 Å². The van der Waals surface area contributed by atoms with Crippen molar-refractivity contribution in [2.45, 2.75) is 44.2 Å². The fraction of sp³-hybridized carbons (Fsp3) is 0.500. The SMILES string of the molecule is COc1ccc(Br)cc1CN1C(=O)NC2(CCCCC2)C1=O. The number of urea groups is 1. The zero-order chi connectivity index (χ0) is 15.7. The minimum absolute atomic E-state index is 0.0979.